The lowest BCUT2D eigenvalue weighted by Gasteiger charge is -2.19. The highest BCUT2D eigenvalue weighted by molar-refractivity contribution is 5.08. The van der Waals surface area contributed by atoms with Crippen LogP contribution in [-0.4, -0.2) is 29.0 Å². The third kappa shape index (κ3) is 3.07. The minimum atomic E-state index is 0.512. The molecule has 0 aromatic carbocycles. The van der Waals surface area contributed by atoms with Gasteiger partial charge in [0.15, 0.2) is 0 Å². The number of hydrogen-bond donors (Lipinski definition) is 1. The van der Waals surface area contributed by atoms with Crippen molar-refractivity contribution in [1.82, 2.24) is 15.1 Å². The van der Waals surface area contributed by atoms with Gasteiger partial charge < -0.3 is 10.1 Å². The fraction of sp³-hybridized carbons (Fsp3) is 0.769. The Kier molecular flexibility index (Phi) is 4.18. The van der Waals surface area contributed by atoms with Crippen molar-refractivity contribution in [2.75, 3.05) is 13.2 Å². The van der Waals surface area contributed by atoms with Gasteiger partial charge >= 0.3 is 0 Å². The Bertz CT molecular complexity index is 356. The number of aromatic nitrogens is 2. The van der Waals surface area contributed by atoms with Gasteiger partial charge in [-0.25, -0.2) is 0 Å². The summed E-state index contributed by atoms with van der Waals surface area (Å²) in [5, 5.41) is 8.04. The van der Waals surface area contributed by atoms with E-state index >= 15 is 0 Å². The molecule has 96 valence electrons. The molecule has 1 N–H and O–H groups in total. The van der Waals surface area contributed by atoms with E-state index in [9.17, 15) is 0 Å². The number of rotatable bonds is 5. The third-order valence-electron chi connectivity index (χ3n) is 3.56. The molecular formula is C13H23N3O. The molecule has 4 nitrogen and oxygen atoms in total. The van der Waals surface area contributed by atoms with Crippen LogP contribution < -0.4 is 5.32 Å². The van der Waals surface area contributed by atoms with Crippen LogP contribution in [0.5, 0.6) is 0 Å². The molecule has 4 heteroatoms. The van der Waals surface area contributed by atoms with E-state index in [0.29, 0.717) is 12.0 Å². The normalized spacial score (nSPS) is 21.9. The lowest BCUT2D eigenvalue weighted by molar-refractivity contribution is 0.178. The maximum atomic E-state index is 5.42. The van der Waals surface area contributed by atoms with E-state index in [-0.39, 0.29) is 0 Å². The van der Waals surface area contributed by atoms with Crippen molar-refractivity contribution < 1.29 is 4.74 Å². The van der Waals surface area contributed by atoms with Crippen molar-refractivity contribution in [1.29, 1.82) is 0 Å². The second-order valence-corrected chi connectivity index (χ2v) is 4.89. The zero-order chi connectivity index (χ0) is 12.3. The monoisotopic (exact) mass is 237 g/mol. The smallest absolute Gasteiger partial charge is 0.0597 e. The average molecular weight is 237 g/mol. The van der Waals surface area contributed by atoms with E-state index in [2.05, 4.69) is 35.0 Å². The zero-order valence-electron chi connectivity index (χ0n) is 11.1. The highest BCUT2D eigenvalue weighted by Gasteiger charge is 2.21. The quantitative estimate of drug-likeness (QED) is 0.847. The average Bonchev–Trinajstić information content (AvgIpc) is 2.94. The van der Waals surface area contributed by atoms with Gasteiger partial charge in [0.25, 0.3) is 0 Å². The summed E-state index contributed by atoms with van der Waals surface area (Å²) in [5.41, 5.74) is 2.37. The Labute approximate surface area is 103 Å². The predicted octanol–water partition coefficient (Wildman–Crippen LogP) is 1.73. The summed E-state index contributed by atoms with van der Waals surface area (Å²) < 4.78 is 7.49. The molecule has 1 aromatic heterocycles. The van der Waals surface area contributed by atoms with E-state index in [1.807, 2.05) is 6.92 Å². The largest absolute Gasteiger partial charge is 0.381 e. The van der Waals surface area contributed by atoms with Gasteiger partial charge in [0.2, 0.25) is 0 Å². The maximum absolute atomic E-state index is 5.42. The van der Waals surface area contributed by atoms with Crippen molar-refractivity contribution in [3.8, 4) is 0 Å². The van der Waals surface area contributed by atoms with E-state index in [4.69, 9.17) is 4.74 Å². The predicted molar refractivity (Wildman–Crippen MR) is 67.9 cm³/mol. The van der Waals surface area contributed by atoms with Crippen molar-refractivity contribution in [2.24, 2.45) is 5.92 Å². The minimum absolute atomic E-state index is 0.512. The van der Waals surface area contributed by atoms with Crippen molar-refractivity contribution >= 4 is 0 Å². The molecule has 17 heavy (non-hydrogen) atoms. The molecule has 0 spiro atoms. The van der Waals surface area contributed by atoms with Gasteiger partial charge in [-0.05, 0) is 39.2 Å². The van der Waals surface area contributed by atoms with Crippen LogP contribution in [0.3, 0.4) is 0 Å². The van der Waals surface area contributed by atoms with E-state index in [0.717, 1.165) is 32.0 Å². The minimum Gasteiger partial charge on any atom is -0.381 e. The van der Waals surface area contributed by atoms with Gasteiger partial charge in [0.05, 0.1) is 18.0 Å². The molecule has 0 amide bonds. The Morgan fingerprint density at radius 2 is 2.47 bits per heavy atom. The molecule has 0 saturated carbocycles. The number of nitrogens with zero attached hydrogens (tertiary/aromatic N) is 2. The lowest BCUT2D eigenvalue weighted by atomic mass is 10.0. The van der Waals surface area contributed by atoms with Gasteiger partial charge in [-0.3, -0.25) is 4.68 Å². The molecule has 2 atom stereocenters. The fourth-order valence-corrected chi connectivity index (χ4v) is 2.39. The van der Waals surface area contributed by atoms with Gasteiger partial charge in [-0.1, -0.05) is 0 Å². The highest BCUT2D eigenvalue weighted by atomic mass is 16.5. The second-order valence-electron chi connectivity index (χ2n) is 4.89. The molecule has 0 radical (unpaired) electrons. The molecule has 2 rings (SSSR count). The molecule has 1 aliphatic rings. The summed E-state index contributed by atoms with van der Waals surface area (Å²) in [5.74, 6) is 0.661. The zero-order valence-corrected chi connectivity index (χ0v) is 11.1. The van der Waals surface area contributed by atoms with Crippen molar-refractivity contribution in [2.45, 2.75) is 46.3 Å². The fourth-order valence-electron chi connectivity index (χ4n) is 2.39. The third-order valence-corrected chi connectivity index (χ3v) is 3.56. The van der Waals surface area contributed by atoms with Gasteiger partial charge in [-0.2, -0.15) is 5.10 Å². The van der Waals surface area contributed by atoms with Crippen LogP contribution in [0, 0.1) is 12.8 Å². The van der Waals surface area contributed by atoms with Gasteiger partial charge in [-0.15, -0.1) is 0 Å². The van der Waals surface area contributed by atoms with Crippen molar-refractivity contribution in [3.05, 3.63) is 17.5 Å². The standard InChI is InChI=1S/C13H23N3O/c1-4-16-13(7-10(2)15-16)8-14-11(3)12-5-6-17-9-12/h7,11-12,14H,4-6,8-9H2,1-3H3. The molecule has 1 saturated heterocycles. The van der Waals surface area contributed by atoms with Gasteiger partial charge in [0.1, 0.15) is 0 Å². The van der Waals surface area contributed by atoms with Gasteiger partial charge in [0, 0.05) is 25.7 Å². The SMILES string of the molecule is CCn1nc(C)cc1CNC(C)C1CCOC1. The molecule has 2 unspecified atom stereocenters. The van der Waals surface area contributed by atoms with E-state index < -0.39 is 0 Å². The summed E-state index contributed by atoms with van der Waals surface area (Å²) in [4.78, 5) is 0. The summed E-state index contributed by atoms with van der Waals surface area (Å²) in [6.45, 7) is 10.1. The highest BCUT2D eigenvalue weighted by Crippen LogP contribution is 2.16. The number of hydrogen-bond acceptors (Lipinski definition) is 3. The Morgan fingerprint density at radius 1 is 1.65 bits per heavy atom. The molecule has 2 heterocycles. The molecular weight excluding hydrogens is 214 g/mol. The molecule has 1 aliphatic heterocycles. The Morgan fingerprint density at radius 3 is 3.12 bits per heavy atom. The van der Waals surface area contributed by atoms with Crippen LogP contribution >= 0.6 is 0 Å². The first-order valence-electron chi connectivity index (χ1n) is 6.55. The van der Waals surface area contributed by atoms with Crippen LogP contribution in [0.4, 0.5) is 0 Å². The van der Waals surface area contributed by atoms with Crippen LogP contribution in [0.15, 0.2) is 6.07 Å². The number of nitrogens with one attached hydrogen (secondary N) is 1. The summed E-state index contributed by atoms with van der Waals surface area (Å²) in [7, 11) is 0. The van der Waals surface area contributed by atoms with Crippen molar-refractivity contribution in [3.63, 3.8) is 0 Å². The molecule has 0 aliphatic carbocycles. The van der Waals surface area contributed by atoms with Crippen LogP contribution in [-0.2, 0) is 17.8 Å². The molecule has 1 fully saturated rings. The summed E-state index contributed by atoms with van der Waals surface area (Å²) in [6.07, 6.45) is 1.18. The Hall–Kier alpha value is -0.870. The van der Waals surface area contributed by atoms with Crippen LogP contribution in [0.25, 0.3) is 0 Å². The first-order valence-corrected chi connectivity index (χ1v) is 6.55. The number of aryl methyl sites for hydroxylation is 2. The summed E-state index contributed by atoms with van der Waals surface area (Å²) >= 11 is 0. The Balaban J connectivity index is 1.87. The molecule has 0 bridgehead atoms. The van der Waals surface area contributed by atoms with Crippen LogP contribution in [0.1, 0.15) is 31.7 Å². The maximum Gasteiger partial charge on any atom is 0.0597 e. The van der Waals surface area contributed by atoms with Crippen LogP contribution in [0.2, 0.25) is 0 Å². The summed E-state index contributed by atoms with van der Waals surface area (Å²) in [6, 6.07) is 2.67. The second kappa shape index (κ2) is 5.65. The van der Waals surface area contributed by atoms with E-state index in [1.165, 1.54) is 12.1 Å². The topological polar surface area (TPSA) is 39.1 Å². The first kappa shape index (κ1) is 12.6. The van der Waals surface area contributed by atoms with E-state index in [1.54, 1.807) is 0 Å². The first-order chi connectivity index (χ1) is 8.20. The molecule has 1 aromatic rings. The number of ether oxygens (including phenoxy) is 1. The lowest BCUT2D eigenvalue weighted by Crippen LogP contribution is -2.34.